The molecule has 0 bridgehead atoms. The Balaban J connectivity index is 1.00. The molecule has 0 saturated carbocycles. The van der Waals surface area contributed by atoms with Gasteiger partial charge in [-0.05, 0) is 0 Å². The Labute approximate surface area is 435 Å². The maximum absolute atomic E-state index is 7.68. The molecule has 344 valence electrons. The molecule has 0 N–H and O–H groups in total. The number of benzene rings is 12. The van der Waals surface area contributed by atoms with Crippen LogP contribution >= 0.6 is 0 Å². The van der Waals surface area contributed by atoms with Crippen LogP contribution in [-0.2, 0) is 0 Å². The fraction of sp³-hybridized carbons (Fsp3) is 0. The van der Waals surface area contributed by atoms with Crippen molar-refractivity contribution in [2.24, 2.45) is 0 Å². The molecule has 6 aliphatic rings. The maximum atomic E-state index is 7.68. The Bertz CT molecular complexity index is 4190. The Kier molecular flexibility index (Phi) is 7.81. The topological polar surface area (TPSA) is 31.4 Å². The Morgan fingerprint density at radius 1 is 0.243 bits per heavy atom. The Hall–Kier alpha value is -8.69. The van der Waals surface area contributed by atoms with E-state index in [9.17, 15) is 0 Å². The third-order valence-corrected chi connectivity index (χ3v) is 31.1. The molecule has 0 radical (unpaired) electrons. The summed E-state index contributed by atoms with van der Waals surface area (Å²) in [6.45, 7) is 0. The number of rotatable bonds is 4. The van der Waals surface area contributed by atoms with E-state index in [4.69, 9.17) is 9.47 Å². The molecule has 2 unspecified atom stereocenters. The molecular weight excluding hydrogens is 1030 g/mol. The van der Waals surface area contributed by atoms with Gasteiger partial charge in [-0.25, -0.2) is 0 Å². The molecule has 0 saturated heterocycles. The first-order valence-corrected chi connectivity index (χ1v) is 32.8. The second-order valence-corrected chi connectivity index (χ2v) is 31.2. The van der Waals surface area contributed by atoms with E-state index in [0.717, 1.165) is 45.7 Å². The standard InChI is InChI=1S/C66H40Ge2N4O2/c1-5-21-41(22-6-1)69-49-31-17-33-51-57(49)67-59-53(35-39-19-13-15-29-45(39)63(59)69)73-55-37-48-47(65(61(55)67)71(51)43-25-9-3-10-26-43)38-56-62-66(48)72(44-27-11-4-12-28-44)52-34-18-32-50-58(52)68(62)60-54(74-56)36-40-20-14-16-30-46(40)64(60)70(50)42-23-7-2-8-24-42/h1-38,67-68H. The number of hydrogen-bond acceptors (Lipinski definition) is 6. The monoisotopic (exact) mass is 1070 g/mol. The Morgan fingerprint density at radius 3 is 0.865 bits per heavy atom. The van der Waals surface area contributed by atoms with Gasteiger partial charge in [-0.1, -0.05) is 0 Å². The van der Waals surface area contributed by atoms with E-state index in [1.807, 2.05) is 0 Å². The van der Waals surface area contributed by atoms with Gasteiger partial charge in [0.25, 0.3) is 0 Å². The summed E-state index contributed by atoms with van der Waals surface area (Å²) in [7, 11) is 0. The van der Waals surface area contributed by atoms with Gasteiger partial charge in [0, 0.05) is 0 Å². The summed E-state index contributed by atoms with van der Waals surface area (Å²) in [4.78, 5) is 10.2. The number of para-hydroxylation sites is 4. The zero-order chi connectivity index (χ0) is 47.9. The average molecular weight is 1070 g/mol. The molecule has 12 aromatic rings. The molecular formula is C66H40Ge2N4O2. The van der Waals surface area contributed by atoms with Crippen molar-refractivity contribution < 1.29 is 9.47 Å². The van der Waals surface area contributed by atoms with Crippen molar-refractivity contribution in [2.45, 2.75) is 0 Å². The molecule has 0 aliphatic carbocycles. The molecule has 6 heterocycles. The van der Waals surface area contributed by atoms with Crippen LogP contribution in [0.25, 0.3) is 32.3 Å². The average Bonchev–Trinajstić information content (AvgIpc) is 3.62. The molecule has 6 nitrogen and oxygen atoms in total. The van der Waals surface area contributed by atoms with Crippen molar-refractivity contribution in [3.05, 3.63) is 231 Å². The molecule has 0 fully saturated rings. The third kappa shape index (κ3) is 5.02. The van der Waals surface area contributed by atoms with E-state index in [1.165, 1.54) is 104 Å². The third-order valence-electron chi connectivity index (χ3n) is 16.6. The summed E-state index contributed by atoms with van der Waals surface area (Å²) in [6.07, 6.45) is 0. The quantitative estimate of drug-likeness (QED) is 0.163. The molecule has 12 aromatic carbocycles. The van der Waals surface area contributed by atoms with Gasteiger partial charge in [0.15, 0.2) is 0 Å². The molecule has 6 aliphatic heterocycles. The van der Waals surface area contributed by atoms with Crippen LogP contribution in [0, 0.1) is 0 Å². The number of anilines is 12. The van der Waals surface area contributed by atoms with Crippen molar-refractivity contribution in [2.75, 3.05) is 19.6 Å². The van der Waals surface area contributed by atoms with Crippen molar-refractivity contribution in [1.82, 2.24) is 0 Å². The van der Waals surface area contributed by atoms with Crippen LogP contribution in [-0.4, -0.2) is 28.7 Å². The van der Waals surface area contributed by atoms with E-state index >= 15 is 0 Å². The van der Waals surface area contributed by atoms with Crippen LogP contribution in [0.5, 0.6) is 23.0 Å². The van der Waals surface area contributed by atoms with Gasteiger partial charge < -0.3 is 0 Å². The van der Waals surface area contributed by atoms with Crippen LogP contribution < -0.4 is 55.4 Å². The summed E-state index contributed by atoms with van der Waals surface area (Å²) < 4.78 is 23.8. The Morgan fingerprint density at radius 2 is 0.527 bits per heavy atom. The van der Waals surface area contributed by atoms with Crippen LogP contribution in [0.1, 0.15) is 0 Å². The fourth-order valence-corrected chi connectivity index (χ4v) is 30.2. The number of fused-ring (bicyclic) bond motifs is 7. The molecule has 74 heavy (non-hydrogen) atoms. The summed E-state index contributed by atoms with van der Waals surface area (Å²) in [6, 6.07) is 85.4. The van der Waals surface area contributed by atoms with E-state index in [-0.39, 0.29) is 0 Å². The number of nitrogens with zero attached hydrogens (tertiary/aromatic N) is 4. The molecule has 0 spiro atoms. The van der Waals surface area contributed by atoms with E-state index in [1.54, 1.807) is 0 Å². The molecule has 0 amide bonds. The first-order valence-electron chi connectivity index (χ1n) is 25.6. The number of hydrogen-bond donors (Lipinski definition) is 0. The van der Waals surface area contributed by atoms with Gasteiger partial charge >= 0.3 is 438 Å². The van der Waals surface area contributed by atoms with E-state index in [0.29, 0.717) is 0 Å². The van der Waals surface area contributed by atoms with Gasteiger partial charge in [-0.2, -0.15) is 0 Å². The molecule has 0 aromatic heterocycles. The molecule has 18 rings (SSSR count). The van der Waals surface area contributed by atoms with Crippen LogP contribution in [0.2, 0.25) is 0 Å². The first-order chi connectivity index (χ1) is 36.8. The summed E-state index contributed by atoms with van der Waals surface area (Å²) in [5, 5.41) is 7.20. The van der Waals surface area contributed by atoms with Crippen molar-refractivity contribution in [3.63, 3.8) is 0 Å². The SMILES string of the molecule is c1ccc(N2c3cccc4[c]3[GeH]3[c]5c(cc6ccccc6c52)Oc2cc5c6[c]7c(cc5c([c]23)N4c2ccccc2)Oc2cc3ccccc3c3[c]2[GeH]7[c]2c(cccc2N6c2ccccc2)N3c2ccccc2)cc1. The second-order valence-electron chi connectivity index (χ2n) is 20.3. The second kappa shape index (κ2) is 14.5. The van der Waals surface area contributed by atoms with Crippen LogP contribution in [0.3, 0.4) is 0 Å². The molecule has 2 atom stereocenters. The molecule has 8 heteroatoms. The van der Waals surface area contributed by atoms with Crippen molar-refractivity contribution in [1.29, 1.82) is 0 Å². The van der Waals surface area contributed by atoms with Crippen LogP contribution in [0.4, 0.5) is 68.2 Å². The zero-order valence-corrected chi connectivity index (χ0v) is 44.5. The van der Waals surface area contributed by atoms with E-state index < -0.39 is 28.7 Å². The normalized spacial score (nSPS) is 16.2. The predicted molar refractivity (Wildman–Crippen MR) is 310 cm³/mol. The minimum atomic E-state index is -3.09. The first kappa shape index (κ1) is 39.9. The summed E-state index contributed by atoms with van der Waals surface area (Å²) in [5.74, 6) is 3.91. The van der Waals surface area contributed by atoms with Crippen LogP contribution in [0.15, 0.2) is 231 Å². The summed E-state index contributed by atoms with van der Waals surface area (Å²) >= 11 is -6.18. The van der Waals surface area contributed by atoms with Gasteiger partial charge in [0.2, 0.25) is 0 Å². The minimum absolute atomic E-state index is 0.972. The van der Waals surface area contributed by atoms with Gasteiger partial charge in [-0.3, -0.25) is 0 Å². The van der Waals surface area contributed by atoms with Gasteiger partial charge in [0.05, 0.1) is 0 Å². The summed E-state index contributed by atoms with van der Waals surface area (Å²) in [5.41, 5.74) is 14.5. The van der Waals surface area contributed by atoms with Crippen molar-refractivity contribution in [3.8, 4) is 23.0 Å². The van der Waals surface area contributed by atoms with Crippen molar-refractivity contribution >= 4 is 156 Å². The fourth-order valence-electron chi connectivity index (χ4n) is 14.0. The number of ether oxygens (including phenoxy) is 2. The van der Waals surface area contributed by atoms with Gasteiger partial charge in [-0.15, -0.1) is 0 Å². The van der Waals surface area contributed by atoms with E-state index in [2.05, 4.69) is 250 Å². The zero-order valence-electron chi connectivity index (χ0n) is 39.7. The predicted octanol–water partition coefficient (Wildman–Crippen LogP) is 13.0. The van der Waals surface area contributed by atoms with Gasteiger partial charge in [0.1, 0.15) is 0 Å².